The van der Waals surface area contributed by atoms with Crippen molar-refractivity contribution in [2.45, 2.75) is 21.2 Å². The Morgan fingerprint density at radius 3 is 2.81 bits per heavy atom. The number of nitrogens with two attached hydrogens (primary N) is 3. The third kappa shape index (κ3) is 7.20. The first kappa shape index (κ1) is 31.7. The zero-order valence-electron chi connectivity index (χ0n) is 21.4. The molecule has 1 fully saturated rings. The van der Waals surface area contributed by atoms with Crippen molar-refractivity contribution < 1.29 is 28.7 Å². The topological polar surface area (TPSA) is 225 Å². The zero-order chi connectivity index (χ0) is 30.4. The van der Waals surface area contributed by atoms with Gasteiger partial charge in [-0.15, -0.1) is 23.5 Å². The molecule has 2 atom stereocenters. The van der Waals surface area contributed by atoms with E-state index in [1.54, 1.807) is 18.5 Å². The van der Waals surface area contributed by atoms with Gasteiger partial charge < -0.3 is 32.5 Å². The molecule has 42 heavy (non-hydrogen) atoms. The predicted octanol–water partition coefficient (Wildman–Crippen LogP) is 1.32. The van der Waals surface area contributed by atoms with Gasteiger partial charge in [0.15, 0.2) is 16.8 Å². The van der Waals surface area contributed by atoms with Crippen LogP contribution in [0.4, 0.5) is 9.52 Å². The number of thiazole rings is 1. The van der Waals surface area contributed by atoms with Gasteiger partial charge in [0, 0.05) is 38.6 Å². The third-order valence-electron chi connectivity index (χ3n) is 5.41. The van der Waals surface area contributed by atoms with Crippen LogP contribution < -0.4 is 22.5 Å². The number of guanidine groups is 1. The van der Waals surface area contributed by atoms with Crippen molar-refractivity contribution in [1.82, 2.24) is 20.2 Å². The fraction of sp³-hybridized carbons (Fsp3) is 0.318. The van der Waals surface area contributed by atoms with Gasteiger partial charge in [-0.2, -0.15) is 0 Å². The molecule has 0 spiro atoms. The van der Waals surface area contributed by atoms with Gasteiger partial charge in [0.25, 0.3) is 11.8 Å². The van der Waals surface area contributed by atoms with Crippen LogP contribution in [0, 0.1) is 0 Å². The third-order valence-corrected chi connectivity index (χ3v) is 10.3. The van der Waals surface area contributed by atoms with E-state index < -0.39 is 48.2 Å². The first-order chi connectivity index (χ1) is 20.1. The molecule has 2 aromatic rings. The molecule has 0 aromatic carbocycles. The van der Waals surface area contributed by atoms with Gasteiger partial charge in [-0.1, -0.05) is 39.9 Å². The number of fused-ring (bicyclic) bond motifs is 1. The Hall–Kier alpha value is -3.26. The number of alkyl halides is 1. The summed E-state index contributed by atoms with van der Waals surface area (Å²) >= 11 is 11.0. The lowest BCUT2D eigenvalue weighted by molar-refractivity contribution is -0.150. The Kier molecular flexibility index (Phi) is 10.8. The minimum atomic E-state index is -1.29. The smallest absolute Gasteiger partial charge is 0.353 e. The van der Waals surface area contributed by atoms with Gasteiger partial charge in [0.1, 0.15) is 40.4 Å². The molecule has 0 unspecified atom stereocenters. The summed E-state index contributed by atoms with van der Waals surface area (Å²) < 4.78 is 12.6. The number of nitrogen functional groups attached to an aromatic ring is 1. The Morgan fingerprint density at radius 1 is 1.36 bits per heavy atom. The minimum absolute atomic E-state index is 0.0135. The van der Waals surface area contributed by atoms with Crippen LogP contribution in [-0.4, -0.2) is 92.2 Å². The number of carboxylic acids is 1. The molecule has 2 aromatic heterocycles. The molecule has 224 valence electrons. The number of β-lactam (4-membered cyclic amide) rings is 1. The quantitative estimate of drug-likeness (QED) is 0.0505. The Bertz CT molecular complexity index is 1470. The average molecular weight is 676 g/mol. The number of hydrogen-bond donors (Lipinski definition) is 5. The van der Waals surface area contributed by atoms with Gasteiger partial charge in [0.2, 0.25) is 0 Å². The predicted molar refractivity (Wildman–Crippen MR) is 161 cm³/mol. The first-order valence-electron chi connectivity index (χ1n) is 11.8. The number of thioether (sulfide) groups is 3. The minimum Gasteiger partial charge on any atom is -0.477 e. The first-order valence-corrected chi connectivity index (χ1v) is 15.9. The number of aliphatic carboxylic acids is 1. The lowest BCUT2D eigenvalue weighted by Crippen LogP contribution is -2.71. The summed E-state index contributed by atoms with van der Waals surface area (Å²) in [5, 5.41) is 15.6. The van der Waals surface area contributed by atoms with E-state index in [1.165, 1.54) is 35.3 Å². The largest absolute Gasteiger partial charge is 0.477 e. The number of carbonyl (C=O) groups excluding carboxylic acids is 2. The number of rotatable bonds is 13. The highest BCUT2D eigenvalue weighted by atomic mass is 35.5. The highest BCUT2D eigenvalue weighted by Gasteiger charge is 2.54. The lowest BCUT2D eigenvalue weighted by atomic mass is 10.0. The molecule has 2 amide bonds. The van der Waals surface area contributed by atoms with Gasteiger partial charge in [-0.3, -0.25) is 24.5 Å². The average Bonchev–Trinajstić information content (AvgIpc) is 3.29. The molecule has 8 N–H and O–H groups in total. The molecule has 4 rings (SSSR count). The number of oxime groups is 1. The monoisotopic (exact) mass is 675 g/mol. The summed E-state index contributed by atoms with van der Waals surface area (Å²) in [6.07, 6.45) is 3.24. The molecule has 20 heteroatoms. The molecular weight excluding hydrogens is 653 g/mol. The maximum atomic E-state index is 13.2. The number of anilines is 1. The number of pyridine rings is 1. The Morgan fingerprint density at radius 2 is 2.14 bits per heavy atom. The van der Waals surface area contributed by atoms with Crippen LogP contribution >= 0.6 is 58.2 Å². The summed E-state index contributed by atoms with van der Waals surface area (Å²) in [5.41, 5.74) is 15.7. The van der Waals surface area contributed by atoms with Crippen molar-refractivity contribution in [1.29, 1.82) is 0 Å². The van der Waals surface area contributed by atoms with E-state index in [9.17, 15) is 23.9 Å². The fourth-order valence-electron chi connectivity index (χ4n) is 3.70. The van der Waals surface area contributed by atoms with E-state index in [0.29, 0.717) is 17.2 Å². The van der Waals surface area contributed by atoms with Gasteiger partial charge in [0.05, 0.1) is 6.54 Å². The molecule has 0 saturated carbocycles. The van der Waals surface area contributed by atoms with Crippen LogP contribution in [0.3, 0.4) is 0 Å². The van der Waals surface area contributed by atoms with Gasteiger partial charge in [-0.05, 0) is 6.07 Å². The number of amides is 2. The lowest BCUT2D eigenvalue weighted by Gasteiger charge is -2.49. The molecule has 4 heterocycles. The molecule has 0 aliphatic carbocycles. The molecule has 2 aliphatic heterocycles. The second-order valence-electron chi connectivity index (χ2n) is 8.15. The van der Waals surface area contributed by atoms with E-state index in [-0.39, 0.29) is 32.6 Å². The fourth-order valence-corrected chi connectivity index (χ4v) is 8.14. The standard InChI is InChI=1S/C22H23ClFN9O5S4/c23-16-12(31-22(27)42-16)13(32-38-5-2-24)17(34)30-14-18(35)33-15(20(36)37)11(8-40-19(14)33)41-9-1-3-28-7-10(9)39-6-4-29-21(25)26/h1,3,7,14,19H,2,4-6,8H2,(H2,27,31)(H,30,34)(H,36,37)(H4,25,26,29)/t14-,19+/m1/s1. The Labute approximate surface area is 259 Å². The van der Waals surface area contributed by atoms with E-state index in [1.807, 2.05) is 0 Å². The summed E-state index contributed by atoms with van der Waals surface area (Å²) in [6, 6.07) is 0.673. The van der Waals surface area contributed by atoms with E-state index >= 15 is 0 Å². The van der Waals surface area contributed by atoms with E-state index in [2.05, 4.69) is 25.4 Å². The number of halogens is 2. The molecule has 0 bridgehead atoms. The van der Waals surface area contributed by atoms with Crippen molar-refractivity contribution in [2.75, 3.05) is 37.1 Å². The highest BCUT2D eigenvalue weighted by Crippen LogP contribution is 2.46. The van der Waals surface area contributed by atoms with E-state index in [0.717, 1.165) is 26.0 Å². The van der Waals surface area contributed by atoms with Crippen molar-refractivity contribution in [3.05, 3.63) is 39.1 Å². The van der Waals surface area contributed by atoms with Crippen molar-refractivity contribution >= 4 is 92.8 Å². The van der Waals surface area contributed by atoms with Gasteiger partial charge >= 0.3 is 5.97 Å². The molecule has 14 nitrogen and oxygen atoms in total. The van der Waals surface area contributed by atoms with Crippen LogP contribution in [0.15, 0.2) is 49.0 Å². The summed E-state index contributed by atoms with van der Waals surface area (Å²) in [4.78, 5) is 58.7. The van der Waals surface area contributed by atoms with Crippen LogP contribution in [0.1, 0.15) is 5.69 Å². The second-order valence-corrected chi connectivity index (χ2v) is 13.2. The van der Waals surface area contributed by atoms with Crippen molar-refractivity contribution in [2.24, 2.45) is 21.6 Å². The molecule has 1 saturated heterocycles. The van der Waals surface area contributed by atoms with Crippen LogP contribution in [0.2, 0.25) is 4.34 Å². The van der Waals surface area contributed by atoms with Gasteiger partial charge in [-0.25, -0.2) is 14.2 Å². The molecule has 0 radical (unpaired) electrons. The molecular formula is C22H23ClFN9O5S4. The number of hydrogen-bond acceptors (Lipinski definition) is 13. The Balaban J connectivity index is 1.51. The number of nitrogens with one attached hydrogen (secondary N) is 1. The SMILES string of the molecule is NC(N)=NCCSc1cnccc1SC1=C(C(=O)O)N2C(=O)[C@@H](NC(=O)C(=NOCCF)c3nc(N)sc3Cl)[C@@H]2SC1. The number of carbonyl (C=O) groups is 3. The second kappa shape index (κ2) is 14.3. The summed E-state index contributed by atoms with van der Waals surface area (Å²) in [7, 11) is 0. The van der Waals surface area contributed by atoms with Crippen molar-refractivity contribution in [3.8, 4) is 0 Å². The maximum Gasteiger partial charge on any atom is 0.353 e. The maximum absolute atomic E-state index is 13.2. The normalized spacial score (nSPS) is 18.3. The summed E-state index contributed by atoms with van der Waals surface area (Å²) in [5.74, 6) is -2.00. The number of aromatic nitrogens is 2. The van der Waals surface area contributed by atoms with Crippen molar-refractivity contribution in [3.63, 3.8) is 0 Å². The van der Waals surface area contributed by atoms with E-state index in [4.69, 9.17) is 33.6 Å². The van der Waals surface area contributed by atoms with Crippen LogP contribution in [0.5, 0.6) is 0 Å². The zero-order valence-corrected chi connectivity index (χ0v) is 25.4. The summed E-state index contributed by atoms with van der Waals surface area (Å²) in [6.45, 7) is -0.898. The van der Waals surface area contributed by atoms with Crippen LogP contribution in [-0.2, 0) is 19.2 Å². The number of aliphatic imine (C=N–C) groups is 1. The number of nitrogens with zero attached hydrogens (tertiary/aromatic N) is 5. The molecule has 2 aliphatic rings. The van der Waals surface area contributed by atoms with Crippen LogP contribution in [0.25, 0.3) is 0 Å². The highest BCUT2D eigenvalue weighted by molar-refractivity contribution is 8.07. The number of carboxylic acid groups (broad SMARTS) is 1.